The number of nitrogens with zero attached hydrogens (tertiary/aromatic N) is 3. The highest BCUT2D eigenvalue weighted by molar-refractivity contribution is 5.78. The zero-order valence-corrected chi connectivity index (χ0v) is 14.5. The van der Waals surface area contributed by atoms with Crippen LogP contribution in [0.3, 0.4) is 0 Å². The Labute approximate surface area is 147 Å². The molecule has 0 aliphatic carbocycles. The number of amides is 1. The Hall–Kier alpha value is -2.21. The smallest absolute Gasteiger partial charge is 0.227 e. The van der Waals surface area contributed by atoms with Crippen molar-refractivity contribution in [2.45, 2.75) is 32.3 Å². The van der Waals surface area contributed by atoms with Gasteiger partial charge in [-0.1, -0.05) is 30.3 Å². The van der Waals surface area contributed by atoms with E-state index in [2.05, 4.69) is 15.2 Å². The van der Waals surface area contributed by atoms with E-state index in [-0.39, 0.29) is 12.0 Å². The van der Waals surface area contributed by atoms with Crippen molar-refractivity contribution in [3.8, 4) is 0 Å². The Balaban J connectivity index is 1.34. The first-order valence-corrected chi connectivity index (χ1v) is 9.00. The van der Waals surface area contributed by atoms with Gasteiger partial charge in [0.25, 0.3) is 0 Å². The molecule has 1 amide bonds. The maximum absolute atomic E-state index is 12.6. The van der Waals surface area contributed by atoms with Gasteiger partial charge in [0.2, 0.25) is 5.91 Å². The third kappa shape index (κ3) is 3.58. The van der Waals surface area contributed by atoms with Gasteiger partial charge in [-0.2, -0.15) is 5.10 Å². The van der Waals surface area contributed by atoms with E-state index < -0.39 is 0 Å². The first-order chi connectivity index (χ1) is 12.2. The van der Waals surface area contributed by atoms with Gasteiger partial charge in [-0.3, -0.25) is 9.89 Å². The monoisotopic (exact) mass is 340 g/mol. The number of fused-ring (bicyclic) bond motifs is 1. The third-order valence-electron chi connectivity index (χ3n) is 5.37. The molecule has 25 heavy (non-hydrogen) atoms. The molecule has 0 saturated carbocycles. The minimum Gasteiger partial charge on any atom is -0.377 e. The molecule has 4 rings (SSSR count). The summed E-state index contributed by atoms with van der Waals surface area (Å²) in [5, 5.41) is 7.12. The fourth-order valence-corrected chi connectivity index (χ4v) is 4.07. The number of carbonyl (C=O) groups excluding carboxylic acids is 1. The third-order valence-corrected chi connectivity index (χ3v) is 5.37. The number of H-pyrrole nitrogens is 1. The molecule has 0 spiro atoms. The zero-order chi connectivity index (χ0) is 17.2. The molecule has 0 bridgehead atoms. The van der Waals surface area contributed by atoms with Crippen molar-refractivity contribution >= 4 is 5.91 Å². The Morgan fingerprint density at radius 3 is 2.96 bits per heavy atom. The Morgan fingerprint density at radius 1 is 1.36 bits per heavy atom. The summed E-state index contributed by atoms with van der Waals surface area (Å²) >= 11 is 0. The predicted molar refractivity (Wildman–Crippen MR) is 92.9 cm³/mol. The fraction of sp³-hybridized carbons (Fsp3) is 0.526. The Kier molecular flexibility index (Phi) is 4.53. The van der Waals surface area contributed by atoms with Crippen LogP contribution < -0.4 is 0 Å². The number of aromatic nitrogens is 3. The first-order valence-electron chi connectivity index (χ1n) is 9.00. The molecular weight excluding hydrogens is 316 g/mol. The van der Waals surface area contributed by atoms with E-state index in [9.17, 15) is 4.79 Å². The van der Waals surface area contributed by atoms with E-state index in [1.807, 2.05) is 42.2 Å². The Morgan fingerprint density at radius 2 is 2.20 bits per heavy atom. The van der Waals surface area contributed by atoms with Gasteiger partial charge in [-0.05, 0) is 24.8 Å². The van der Waals surface area contributed by atoms with E-state index in [1.54, 1.807) is 0 Å². The van der Waals surface area contributed by atoms with Crippen LogP contribution >= 0.6 is 0 Å². The van der Waals surface area contributed by atoms with Crippen LogP contribution in [0.4, 0.5) is 0 Å². The maximum Gasteiger partial charge on any atom is 0.227 e. The first kappa shape index (κ1) is 16.3. The summed E-state index contributed by atoms with van der Waals surface area (Å²) in [5.74, 6) is 2.81. The van der Waals surface area contributed by atoms with Crippen LogP contribution in [0.5, 0.6) is 0 Å². The van der Waals surface area contributed by atoms with Gasteiger partial charge >= 0.3 is 0 Å². The van der Waals surface area contributed by atoms with Gasteiger partial charge in [0.1, 0.15) is 5.82 Å². The average Bonchev–Trinajstić information content (AvgIpc) is 3.22. The van der Waals surface area contributed by atoms with Gasteiger partial charge in [0, 0.05) is 25.4 Å². The highest BCUT2D eigenvalue weighted by atomic mass is 16.5. The summed E-state index contributed by atoms with van der Waals surface area (Å²) in [5.41, 5.74) is 1.08. The normalized spacial score (nSPS) is 25.8. The summed E-state index contributed by atoms with van der Waals surface area (Å²) in [6.07, 6.45) is 2.41. The van der Waals surface area contributed by atoms with Crippen LogP contribution in [0.15, 0.2) is 30.3 Å². The average molecular weight is 340 g/mol. The number of aromatic amines is 1. The molecule has 0 radical (unpaired) electrons. The summed E-state index contributed by atoms with van der Waals surface area (Å²) in [6, 6.07) is 9.96. The molecule has 0 unspecified atom stereocenters. The number of benzene rings is 1. The number of nitrogens with one attached hydrogen (secondary N) is 1. The molecule has 132 valence electrons. The summed E-state index contributed by atoms with van der Waals surface area (Å²) < 4.78 is 6.03. The summed E-state index contributed by atoms with van der Waals surface area (Å²) in [6.45, 7) is 4.26. The van der Waals surface area contributed by atoms with Crippen LogP contribution in [0.1, 0.15) is 23.6 Å². The van der Waals surface area contributed by atoms with Crippen molar-refractivity contribution in [3.05, 3.63) is 47.5 Å². The topological polar surface area (TPSA) is 71.1 Å². The zero-order valence-electron chi connectivity index (χ0n) is 14.5. The lowest BCUT2D eigenvalue weighted by molar-refractivity contribution is -0.132. The minimum absolute atomic E-state index is 0.173. The van der Waals surface area contributed by atoms with E-state index in [1.165, 1.54) is 0 Å². The van der Waals surface area contributed by atoms with Gasteiger partial charge in [0.15, 0.2) is 5.82 Å². The van der Waals surface area contributed by atoms with Crippen LogP contribution in [-0.4, -0.2) is 51.8 Å². The van der Waals surface area contributed by atoms with Crippen molar-refractivity contribution in [2.24, 2.45) is 11.8 Å². The molecule has 3 heterocycles. The lowest BCUT2D eigenvalue weighted by Gasteiger charge is -2.35. The van der Waals surface area contributed by atoms with E-state index in [4.69, 9.17) is 4.74 Å². The van der Waals surface area contributed by atoms with Crippen LogP contribution in [0, 0.1) is 18.8 Å². The number of rotatable bonds is 4. The number of carbonyl (C=O) groups is 1. The van der Waals surface area contributed by atoms with E-state index in [0.717, 1.165) is 49.8 Å². The molecule has 2 aliphatic heterocycles. The summed E-state index contributed by atoms with van der Waals surface area (Å²) in [7, 11) is 0. The second-order valence-corrected chi connectivity index (χ2v) is 7.13. The summed E-state index contributed by atoms with van der Waals surface area (Å²) in [4.78, 5) is 19.0. The van der Waals surface area contributed by atoms with Gasteiger partial charge in [-0.15, -0.1) is 0 Å². The molecule has 2 saturated heterocycles. The molecule has 2 aliphatic rings. The number of ether oxygens (including phenoxy) is 1. The highest BCUT2D eigenvalue weighted by Gasteiger charge is 2.42. The van der Waals surface area contributed by atoms with Crippen LogP contribution in [0.2, 0.25) is 0 Å². The molecule has 2 fully saturated rings. The maximum atomic E-state index is 12.6. The van der Waals surface area contributed by atoms with Crippen molar-refractivity contribution in [2.75, 3.05) is 19.7 Å². The molecule has 1 aromatic heterocycles. The largest absolute Gasteiger partial charge is 0.377 e. The van der Waals surface area contributed by atoms with E-state index >= 15 is 0 Å². The number of aryl methyl sites for hydroxylation is 1. The lowest BCUT2D eigenvalue weighted by atomic mass is 9.83. The molecule has 1 aromatic carbocycles. The van der Waals surface area contributed by atoms with Crippen LogP contribution in [-0.2, 0) is 22.4 Å². The minimum atomic E-state index is 0.173. The number of hydrogen-bond donors (Lipinski definition) is 1. The Bertz CT molecular complexity index is 730. The molecule has 2 aromatic rings. The molecule has 6 nitrogen and oxygen atoms in total. The standard InChI is InChI=1S/C19H24N4O2/c1-13-20-18(22-21-13)10-17-16-7-8-23(11-15(16)12-25-17)19(24)9-14-5-3-2-4-6-14/h2-6,15-17H,7-12H2,1H3,(H,20,21,22)/t15-,16-,17-/m1/s1. The van der Waals surface area contributed by atoms with E-state index in [0.29, 0.717) is 18.3 Å². The van der Waals surface area contributed by atoms with Crippen LogP contribution in [0.25, 0.3) is 0 Å². The molecule has 6 heteroatoms. The highest BCUT2D eigenvalue weighted by Crippen LogP contribution is 2.35. The lowest BCUT2D eigenvalue weighted by Crippen LogP contribution is -2.45. The SMILES string of the molecule is Cc1nc(C[C@H]2OC[C@H]3CN(C(=O)Cc4ccccc4)CC[C@H]32)n[nH]1. The molecule has 1 N–H and O–H groups in total. The van der Waals surface area contributed by atoms with Gasteiger partial charge in [0.05, 0.1) is 19.1 Å². The van der Waals surface area contributed by atoms with Crippen molar-refractivity contribution < 1.29 is 9.53 Å². The van der Waals surface area contributed by atoms with Crippen molar-refractivity contribution in [1.29, 1.82) is 0 Å². The number of hydrogen-bond acceptors (Lipinski definition) is 4. The predicted octanol–water partition coefficient (Wildman–Crippen LogP) is 1.76. The molecular formula is C19H24N4O2. The van der Waals surface area contributed by atoms with Gasteiger partial charge in [-0.25, -0.2) is 4.98 Å². The second kappa shape index (κ2) is 6.96. The fourth-order valence-electron chi connectivity index (χ4n) is 4.07. The number of likely N-dealkylation sites (tertiary alicyclic amines) is 1. The quantitative estimate of drug-likeness (QED) is 0.921. The van der Waals surface area contributed by atoms with Crippen molar-refractivity contribution in [3.63, 3.8) is 0 Å². The molecule has 3 atom stereocenters. The van der Waals surface area contributed by atoms with Gasteiger partial charge < -0.3 is 9.64 Å². The van der Waals surface area contributed by atoms with Crippen molar-refractivity contribution in [1.82, 2.24) is 20.1 Å². The number of piperidine rings is 1. The second-order valence-electron chi connectivity index (χ2n) is 7.13.